The number of anilines is 1. The third kappa shape index (κ3) is 6.07. The van der Waals surface area contributed by atoms with Gasteiger partial charge in [0, 0.05) is 35.5 Å². The molecule has 1 saturated heterocycles. The Morgan fingerprint density at radius 2 is 1.84 bits per heavy atom. The summed E-state index contributed by atoms with van der Waals surface area (Å²) in [7, 11) is 0. The van der Waals surface area contributed by atoms with E-state index < -0.39 is 40.7 Å². The predicted molar refractivity (Wildman–Crippen MR) is 146 cm³/mol. The summed E-state index contributed by atoms with van der Waals surface area (Å²) in [5, 5.41) is 27.5. The first-order chi connectivity index (χ1) is 20.4. The van der Waals surface area contributed by atoms with Gasteiger partial charge in [0.1, 0.15) is 30.1 Å². The summed E-state index contributed by atoms with van der Waals surface area (Å²) in [5.41, 5.74) is -1.60. The number of ether oxygens (including phenoxy) is 1. The lowest BCUT2D eigenvalue weighted by Gasteiger charge is -2.38. The molecular formula is C28H32F2N9O4+. The van der Waals surface area contributed by atoms with Crippen molar-refractivity contribution >= 4 is 17.7 Å². The summed E-state index contributed by atoms with van der Waals surface area (Å²) in [6.07, 6.45) is 4.33. The highest BCUT2D eigenvalue weighted by molar-refractivity contribution is 5.94. The van der Waals surface area contributed by atoms with Crippen LogP contribution in [0.4, 0.5) is 19.3 Å². The Bertz CT molecular complexity index is 1610. The van der Waals surface area contributed by atoms with Crippen molar-refractivity contribution in [3.8, 4) is 5.69 Å². The molecule has 1 fully saturated rings. The quantitative estimate of drug-likeness (QED) is 0.230. The zero-order valence-electron chi connectivity index (χ0n) is 24.1. The van der Waals surface area contributed by atoms with Crippen molar-refractivity contribution in [1.82, 2.24) is 34.9 Å². The summed E-state index contributed by atoms with van der Waals surface area (Å²) < 4.78 is 38.7. The first kappa shape index (κ1) is 29.7. The van der Waals surface area contributed by atoms with E-state index >= 15 is 4.39 Å². The lowest BCUT2D eigenvalue weighted by Crippen LogP contribution is -2.53. The second-order valence-electron chi connectivity index (χ2n) is 11.4. The fourth-order valence-corrected chi connectivity index (χ4v) is 4.87. The van der Waals surface area contributed by atoms with Crippen LogP contribution in [0.15, 0.2) is 61.4 Å². The van der Waals surface area contributed by atoms with E-state index in [-0.39, 0.29) is 25.4 Å². The SMILES string of the molecule is C[C@@H](N1CCN(c2ccc(-n3cnnn3)cc2)C1=O)[C@@](O)(Cn1c[n+](COC(=O)C(C)(C)C)cn1)c1ccc(F)cc1F. The van der Waals surface area contributed by atoms with Crippen LogP contribution in [0.5, 0.6) is 0 Å². The number of benzene rings is 2. The van der Waals surface area contributed by atoms with Gasteiger partial charge >= 0.3 is 12.0 Å². The average Bonchev–Trinajstić information content (AvgIpc) is 3.73. The van der Waals surface area contributed by atoms with Crippen molar-refractivity contribution in [2.24, 2.45) is 5.41 Å². The van der Waals surface area contributed by atoms with Gasteiger partial charge in [0.15, 0.2) is 0 Å². The third-order valence-corrected chi connectivity index (χ3v) is 7.36. The topological polar surface area (TPSA) is 135 Å². The molecule has 2 aromatic carbocycles. The molecule has 2 aromatic heterocycles. The molecule has 0 unspecified atom stereocenters. The Labute approximate surface area is 245 Å². The van der Waals surface area contributed by atoms with Gasteiger partial charge < -0.3 is 14.7 Å². The number of rotatable bonds is 9. The van der Waals surface area contributed by atoms with Gasteiger partial charge in [-0.25, -0.2) is 22.8 Å². The molecule has 2 amide bonds. The summed E-state index contributed by atoms with van der Waals surface area (Å²) >= 11 is 0. The van der Waals surface area contributed by atoms with Gasteiger partial charge in [0.2, 0.25) is 13.1 Å². The molecule has 0 radical (unpaired) electrons. The fraction of sp³-hybridized carbons (Fsp3) is 0.393. The number of carbonyl (C=O) groups is 2. The zero-order chi connectivity index (χ0) is 30.9. The molecule has 1 aliphatic heterocycles. The monoisotopic (exact) mass is 596 g/mol. The second-order valence-corrected chi connectivity index (χ2v) is 11.4. The van der Waals surface area contributed by atoms with E-state index in [1.54, 1.807) is 56.9 Å². The first-order valence-corrected chi connectivity index (χ1v) is 13.5. The maximum Gasteiger partial charge on any atom is 0.324 e. The van der Waals surface area contributed by atoms with Crippen molar-refractivity contribution in [2.75, 3.05) is 18.0 Å². The minimum absolute atomic E-state index is 0.124. The zero-order valence-corrected chi connectivity index (χ0v) is 24.1. The van der Waals surface area contributed by atoms with Crippen LogP contribution in [0.25, 0.3) is 5.69 Å². The Morgan fingerprint density at radius 1 is 1.12 bits per heavy atom. The lowest BCUT2D eigenvalue weighted by molar-refractivity contribution is -0.728. The summed E-state index contributed by atoms with van der Waals surface area (Å²) in [5.74, 6) is -2.18. The Morgan fingerprint density at radius 3 is 2.49 bits per heavy atom. The Balaban J connectivity index is 1.38. The van der Waals surface area contributed by atoms with Crippen molar-refractivity contribution in [1.29, 1.82) is 0 Å². The van der Waals surface area contributed by atoms with Gasteiger partial charge in [-0.2, -0.15) is 0 Å². The number of hydrogen-bond acceptors (Lipinski definition) is 8. The highest BCUT2D eigenvalue weighted by Gasteiger charge is 2.47. The molecule has 2 atom stereocenters. The van der Waals surface area contributed by atoms with Gasteiger partial charge in [-0.15, -0.1) is 9.78 Å². The fourth-order valence-electron chi connectivity index (χ4n) is 4.87. The van der Waals surface area contributed by atoms with Crippen LogP contribution in [0.1, 0.15) is 33.3 Å². The average molecular weight is 597 g/mol. The van der Waals surface area contributed by atoms with E-state index in [9.17, 15) is 19.1 Å². The number of tetrazole rings is 1. The molecule has 0 aliphatic carbocycles. The van der Waals surface area contributed by atoms with Crippen molar-refractivity contribution < 1.29 is 32.8 Å². The van der Waals surface area contributed by atoms with Crippen LogP contribution in [-0.2, 0) is 28.4 Å². The van der Waals surface area contributed by atoms with E-state index in [1.165, 1.54) is 43.9 Å². The number of nitrogens with zero attached hydrogens (tertiary/aromatic N) is 9. The summed E-state index contributed by atoms with van der Waals surface area (Å²) in [6, 6.07) is 8.58. The summed E-state index contributed by atoms with van der Waals surface area (Å²) in [6.45, 7) is 6.94. The van der Waals surface area contributed by atoms with Crippen LogP contribution < -0.4 is 9.47 Å². The maximum atomic E-state index is 15.2. The van der Waals surface area contributed by atoms with Gasteiger partial charge in [-0.05, 0) is 68.5 Å². The minimum atomic E-state index is -2.03. The smallest absolute Gasteiger partial charge is 0.324 e. The second kappa shape index (κ2) is 11.5. The molecule has 0 saturated carbocycles. The number of hydrogen-bond donors (Lipinski definition) is 1. The van der Waals surface area contributed by atoms with E-state index in [1.807, 2.05) is 0 Å². The van der Waals surface area contributed by atoms with Gasteiger partial charge in [-0.3, -0.25) is 9.69 Å². The number of amides is 2. The third-order valence-electron chi connectivity index (χ3n) is 7.36. The van der Waals surface area contributed by atoms with E-state index in [4.69, 9.17) is 4.74 Å². The largest absolute Gasteiger partial charge is 0.431 e. The molecule has 43 heavy (non-hydrogen) atoms. The minimum Gasteiger partial charge on any atom is -0.431 e. The Hall–Kier alpha value is -4.79. The molecule has 13 nitrogen and oxygen atoms in total. The van der Waals surface area contributed by atoms with Gasteiger partial charge in [0.25, 0.3) is 6.33 Å². The summed E-state index contributed by atoms with van der Waals surface area (Å²) in [4.78, 5) is 28.8. The normalized spacial score (nSPS) is 15.9. The molecule has 0 spiro atoms. The van der Waals surface area contributed by atoms with E-state index in [2.05, 4.69) is 20.6 Å². The lowest BCUT2D eigenvalue weighted by atomic mass is 9.85. The molecule has 3 heterocycles. The number of esters is 1. The van der Waals surface area contributed by atoms with Crippen molar-refractivity contribution in [3.63, 3.8) is 0 Å². The number of halogens is 2. The van der Waals surface area contributed by atoms with Gasteiger partial charge in [0.05, 0.1) is 17.1 Å². The maximum absolute atomic E-state index is 15.2. The molecule has 0 bridgehead atoms. The number of carbonyl (C=O) groups excluding carboxylic acids is 2. The predicted octanol–water partition coefficient (Wildman–Crippen LogP) is 2.19. The van der Waals surface area contributed by atoms with E-state index in [0.717, 1.165) is 6.07 Å². The molecule has 1 aliphatic rings. The van der Waals surface area contributed by atoms with Crippen LogP contribution in [0, 0.1) is 17.0 Å². The highest BCUT2D eigenvalue weighted by atomic mass is 19.1. The van der Waals surface area contributed by atoms with Crippen LogP contribution in [0.2, 0.25) is 0 Å². The molecule has 1 N–H and O–H groups in total. The van der Waals surface area contributed by atoms with Crippen LogP contribution in [-0.4, -0.2) is 71.1 Å². The first-order valence-electron chi connectivity index (χ1n) is 13.5. The molecule has 4 aromatic rings. The molecular weight excluding hydrogens is 564 g/mol. The van der Waals surface area contributed by atoms with Gasteiger partial charge in [-0.1, -0.05) is 6.07 Å². The highest BCUT2D eigenvalue weighted by Crippen LogP contribution is 2.35. The molecule has 15 heteroatoms. The standard InChI is InChI=1S/C28H32F2N9O4/c1-19(37-11-12-38(26(37)41)21-6-8-22(9-7-21)39-15-31-33-34-39)28(42,23-10-5-20(29)13-24(23)30)14-36-17-35(16-32-36)18-43-25(40)27(2,3)4/h5-10,13,15-17,19,42H,11-12,14,18H2,1-4H3/q+1/t19-,28+/m1/s1. The van der Waals surface area contributed by atoms with Crippen LogP contribution >= 0.6 is 0 Å². The molecule has 226 valence electrons. The molecule has 5 rings (SSSR count). The Kier molecular flexibility index (Phi) is 7.92. The number of urea groups is 1. The number of aromatic nitrogens is 7. The van der Waals surface area contributed by atoms with Crippen molar-refractivity contribution in [3.05, 3.63) is 78.6 Å². The van der Waals surface area contributed by atoms with Crippen LogP contribution in [0.3, 0.4) is 0 Å². The van der Waals surface area contributed by atoms with Crippen molar-refractivity contribution in [2.45, 2.75) is 52.6 Å². The number of aliphatic hydroxyl groups is 1. The van der Waals surface area contributed by atoms with E-state index in [0.29, 0.717) is 24.0 Å².